The maximum atomic E-state index is 11.7. The molecule has 1 aliphatic rings. The van der Waals surface area contributed by atoms with E-state index in [9.17, 15) is 4.79 Å². The van der Waals surface area contributed by atoms with Crippen molar-refractivity contribution in [3.05, 3.63) is 22.8 Å². The van der Waals surface area contributed by atoms with Gasteiger partial charge in [-0.1, -0.05) is 0 Å². The van der Waals surface area contributed by atoms with Gasteiger partial charge in [0.25, 0.3) is 0 Å². The maximum Gasteiger partial charge on any atom is 0.239 e. The molecule has 5 nitrogen and oxygen atoms in total. The molecule has 2 N–H and O–H groups in total. The molecule has 0 saturated carbocycles. The van der Waals surface area contributed by atoms with E-state index in [0.29, 0.717) is 13.1 Å². The van der Waals surface area contributed by atoms with Crippen LogP contribution in [0.2, 0.25) is 0 Å². The van der Waals surface area contributed by atoms with Crippen LogP contribution in [0.25, 0.3) is 0 Å². The van der Waals surface area contributed by atoms with Crippen LogP contribution in [0.5, 0.6) is 0 Å². The largest absolute Gasteiger partial charge is 0.353 e. The van der Waals surface area contributed by atoms with Gasteiger partial charge in [0.05, 0.1) is 6.04 Å². The Hall–Kier alpha value is -1.14. The first-order valence-corrected chi connectivity index (χ1v) is 6.78. The van der Waals surface area contributed by atoms with Gasteiger partial charge in [-0.2, -0.15) is 0 Å². The molecular formula is C12H17BrN4O. The number of nitrogens with zero attached hydrogens (tertiary/aromatic N) is 3. The van der Waals surface area contributed by atoms with Crippen molar-refractivity contribution in [2.24, 2.45) is 5.73 Å². The number of aromatic nitrogens is 1. The van der Waals surface area contributed by atoms with Gasteiger partial charge in [0.1, 0.15) is 5.82 Å². The lowest BCUT2D eigenvalue weighted by molar-refractivity contribution is -0.132. The summed E-state index contributed by atoms with van der Waals surface area (Å²) in [7, 11) is 0. The van der Waals surface area contributed by atoms with Crippen LogP contribution in [0, 0.1) is 0 Å². The molecular weight excluding hydrogens is 296 g/mol. The van der Waals surface area contributed by atoms with Crippen molar-refractivity contribution in [3.63, 3.8) is 0 Å². The average molecular weight is 313 g/mol. The number of piperazine rings is 1. The number of anilines is 1. The molecule has 0 radical (unpaired) electrons. The molecule has 2 rings (SSSR count). The Balaban J connectivity index is 1.94. The summed E-state index contributed by atoms with van der Waals surface area (Å²) in [4.78, 5) is 20.1. The fourth-order valence-electron chi connectivity index (χ4n) is 2.00. The minimum Gasteiger partial charge on any atom is -0.353 e. The van der Waals surface area contributed by atoms with E-state index >= 15 is 0 Å². The number of rotatable bonds is 2. The topological polar surface area (TPSA) is 62.5 Å². The van der Waals surface area contributed by atoms with Crippen LogP contribution < -0.4 is 10.6 Å². The summed E-state index contributed by atoms with van der Waals surface area (Å²) in [5.74, 6) is 0.976. The summed E-state index contributed by atoms with van der Waals surface area (Å²) in [6, 6.07) is 3.54. The zero-order valence-electron chi connectivity index (χ0n) is 10.3. The van der Waals surface area contributed by atoms with Gasteiger partial charge in [-0.3, -0.25) is 4.79 Å². The van der Waals surface area contributed by atoms with Gasteiger partial charge in [-0.25, -0.2) is 4.98 Å². The second-order valence-electron chi connectivity index (χ2n) is 4.44. The van der Waals surface area contributed by atoms with Crippen molar-refractivity contribution in [2.75, 3.05) is 31.1 Å². The van der Waals surface area contributed by atoms with Crippen LogP contribution in [-0.2, 0) is 4.79 Å². The Morgan fingerprint density at radius 2 is 2.06 bits per heavy atom. The number of carbonyl (C=O) groups excluding carboxylic acids is 1. The van der Waals surface area contributed by atoms with Crippen molar-refractivity contribution in [1.82, 2.24) is 9.88 Å². The van der Waals surface area contributed by atoms with Crippen LogP contribution in [0.1, 0.15) is 6.92 Å². The van der Waals surface area contributed by atoms with Crippen LogP contribution >= 0.6 is 15.9 Å². The van der Waals surface area contributed by atoms with Gasteiger partial charge < -0.3 is 15.5 Å². The molecule has 2 heterocycles. The third-order valence-corrected chi connectivity index (χ3v) is 3.49. The fraction of sp³-hybridized carbons (Fsp3) is 0.500. The van der Waals surface area contributed by atoms with Gasteiger partial charge >= 0.3 is 0 Å². The minimum atomic E-state index is -0.414. The Morgan fingerprint density at radius 1 is 1.39 bits per heavy atom. The summed E-state index contributed by atoms with van der Waals surface area (Å²) in [5.41, 5.74) is 5.61. The number of hydrogen-bond acceptors (Lipinski definition) is 4. The zero-order valence-corrected chi connectivity index (χ0v) is 11.9. The fourth-order valence-corrected chi connectivity index (χ4v) is 2.23. The summed E-state index contributed by atoms with van der Waals surface area (Å²) < 4.78 is 0.969. The van der Waals surface area contributed by atoms with Crippen molar-refractivity contribution in [1.29, 1.82) is 0 Å². The molecule has 1 saturated heterocycles. The zero-order chi connectivity index (χ0) is 13.1. The van der Waals surface area contributed by atoms with Crippen molar-refractivity contribution in [2.45, 2.75) is 13.0 Å². The second-order valence-corrected chi connectivity index (χ2v) is 5.35. The lowest BCUT2D eigenvalue weighted by Crippen LogP contribution is -2.52. The molecule has 1 aromatic rings. The number of nitrogens with two attached hydrogens (primary N) is 1. The van der Waals surface area contributed by atoms with Crippen molar-refractivity contribution in [3.8, 4) is 0 Å². The first-order chi connectivity index (χ1) is 8.58. The molecule has 1 fully saturated rings. The van der Waals surface area contributed by atoms with E-state index in [1.165, 1.54) is 0 Å². The smallest absolute Gasteiger partial charge is 0.239 e. The highest BCUT2D eigenvalue weighted by molar-refractivity contribution is 9.10. The van der Waals surface area contributed by atoms with E-state index < -0.39 is 6.04 Å². The first-order valence-electron chi connectivity index (χ1n) is 5.99. The minimum absolute atomic E-state index is 0.0263. The third kappa shape index (κ3) is 3.00. The Labute approximate surface area is 115 Å². The lowest BCUT2D eigenvalue weighted by atomic mass is 10.2. The van der Waals surface area contributed by atoms with Crippen LogP contribution in [-0.4, -0.2) is 48.0 Å². The Kier molecular flexibility index (Phi) is 4.19. The van der Waals surface area contributed by atoms with E-state index in [0.717, 1.165) is 23.4 Å². The highest BCUT2D eigenvalue weighted by Gasteiger charge is 2.23. The summed E-state index contributed by atoms with van der Waals surface area (Å²) in [6.07, 6.45) is 1.79. The van der Waals surface area contributed by atoms with Gasteiger partial charge in [0, 0.05) is 36.8 Å². The molecule has 0 spiro atoms. The molecule has 98 valence electrons. The number of halogens is 1. The van der Waals surface area contributed by atoms with Gasteiger partial charge in [-0.05, 0) is 35.0 Å². The maximum absolute atomic E-state index is 11.7. The second kappa shape index (κ2) is 5.67. The molecule has 18 heavy (non-hydrogen) atoms. The number of hydrogen-bond donors (Lipinski definition) is 1. The van der Waals surface area contributed by atoms with E-state index in [-0.39, 0.29) is 5.91 Å². The molecule has 1 amide bonds. The molecule has 1 aliphatic heterocycles. The standard InChI is InChI=1S/C12H17BrN4O/c1-9(14)12(18)17-6-4-16(5-7-17)11-3-2-10(13)8-15-11/h2-3,8-9H,4-7,14H2,1H3. The average Bonchev–Trinajstić information content (AvgIpc) is 2.39. The third-order valence-electron chi connectivity index (χ3n) is 3.02. The van der Waals surface area contributed by atoms with Crippen LogP contribution in [0.3, 0.4) is 0 Å². The molecule has 6 heteroatoms. The van der Waals surface area contributed by atoms with Gasteiger partial charge in [0.15, 0.2) is 0 Å². The van der Waals surface area contributed by atoms with E-state index in [2.05, 4.69) is 25.8 Å². The lowest BCUT2D eigenvalue weighted by Gasteiger charge is -2.36. The first kappa shape index (κ1) is 13.3. The quantitative estimate of drug-likeness (QED) is 0.879. The molecule has 0 bridgehead atoms. The molecule has 0 aliphatic carbocycles. The molecule has 1 aromatic heterocycles. The number of carbonyl (C=O) groups is 1. The van der Waals surface area contributed by atoms with Gasteiger partial charge in [0.2, 0.25) is 5.91 Å². The highest BCUT2D eigenvalue weighted by atomic mass is 79.9. The van der Waals surface area contributed by atoms with E-state index in [1.807, 2.05) is 17.0 Å². The summed E-state index contributed by atoms with van der Waals surface area (Å²) in [6.45, 7) is 4.74. The summed E-state index contributed by atoms with van der Waals surface area (Å²) >= 11 is 3.37. The normalized spacial score (nSPS) is 17.7. The number of pyridine rings is 1. The monoisotopic (exact) mass is 312 g/mol. The number of amides is 1. The predicted molar refractivity (Wildman–Crippen MR) is 74.4 cm³/mol. The van der Waals surface area contributed by atoms with E-state index in [4.69, 9.17) is 5.73 Å². The van der Waals surface area contributed by atoms with Crippen LogP contribution in [0.15, 0.2) is 22.8 Å². The van der Waals surface area contributed by atoms with Gasteiger partial charge in [-0.15, -0.1) is 0 Å². The molecule has 1 unspecified atom stereocenters. The molecule has 0 aromatic carbocycles. The Morgan fingerprint density at radius 3 is 2.56 bits per heavy atom. The van der Waals surface area contributed by atoms with Crippen molar-refractivity contribution >= 4 is 27.7 Å². The molecule has 1 atom stereocenters. The van der Waals surface area contributed by atoms with E-state index in [1.54, 1.807) is 13.1 Å². The van der Waals surface area contributed by atoms with Crippen molar-refractivity contribution < 1.29 is 4.79 Å². The highest BCUT2D eigenvalue weighted by Crippen LogP contribution is 2.16. The van der Waals surface area contributed by atoms with Crippen LogP contribution in [0.4, 0.5) is 5.82 Å². The summed E-state index contributed by atoms with van der Waals surface area (Å²) in [5, 5.41) is 0. The Bertz CT molecular complexity index is 413. The SMILES string of the molecule is CC(N)C(=O)N1CCN(c2ccc(Br)cn2)CC1. The predicted octanol–water partition coefficient (Wildman–Crippen LogP) is 0.840.